The fourth-order valence-corrected chi connectivity index (χ4v) is 1.54. The second kappa shape index (κ2) is 6.22. The quantitative estimate of drug-likeness (QED) is 0.631. The number of ether oxygens (including phenoxy) is 1. The molecule has 0 atom stereocenters. The summed E-state index contributed by atoms with van der Waals surface area (Å²) in [7, 11) is 3.25. The minimum atomic E-state index is -0.422. The molecule has 0 aliphatic heterocycles. The highest BCUT2D eigenvalue weighted by Gasteiger charge is 2.09. The Bertz CT molecular complexity index is 363. The number of aromatic nitrogens is 2. The summed E-state index contributed by atoms with van der Waals surface area (Å²) in [6.45, 7) is 3.63. The lowest BCUT2D eigenvalue weighted by Gasteiger charge is -2.08. The number of H-pyrrole nitrogens is 1. The lowest BCUT2D eigenvalue weighted by molar-refractivity contribution is 0.170. The van der Waals surface area contributed by atoms with Gasteiger partial charge in [-0.2, -0.15) is 16.9 Å². The Labute approximate surface area is 98.9 Å². The molecule has 0 aliphatic rings. The third-order valence-electron chi connectivity index (χ3n) is 1.66. The van der Waals surface area contributed by atoms with Crippen molar-refractivity contribution in [3.05, 3.63) is 24.4 Å². The first kappa shape index (κ1) is 12.6. The van der Waals surface area contributed by atoms with Crippen molar-refractivity contribution in [2.45, 2.75) is 5.75 Å². The van der Waals surface area contributed by atoms with E-state index in [0.29, 0.717) is 5.88 Å². The van der Waals surface area contributed by atoms with E-state index in [9.17, 15) is 4.79 Å². The lowest BCUT2D eigenvalue weighted by atomic mass is 10.5. The Morgan fingerprint density at radius 3 is 3.12 bits per heavy atom. The summed E-state index contributed by atoms with van der Waals surface area (Å²) in [5.74, 6) is 2.01. The molecule has 0 fully saturated rings. The van der Waals surface area contributed by atoms with Crippen molar-refractivity contribution in [2.75, 3.05) is 19.8 Å². The number of thioether (sulfide) groups is 1. The van der Waals surface area contributed by atoms with Crippen LogP contribution in [-0.4, -0.2) is 41.0 Å². The average molecular weight is 241 g/mol. The zero-order valence-electron chi connectivity index (χ0n) is 9.40. The van der Waals surface area contributed by atoms with Gasteiger partial charge in [0.05, 0.1) is 5.69 Å². The first-order valence-corrected chi connectivity index (χ1v) is 5.91. The van der Waals surface area contributed by atoms with Crippen LogP contribution in [0.5, 0.6) is 5.88 Å². The molecule has 1 rings (SSSR count). The van der Waals surface area contributed by atoms with Crippen LogP contribution in [0.25, 0.3) is 0 Å². The van der Waals surface area contributed by atoms with Gasteiger partial charge in [-0.05, 0) is 0 Å². The van der Waals surface area contributed by atoms with Gasteiger partial charge in [-0.3, -0.25) is 0 Å². The van der Waals surface area contributed by atoms with Gasteiger partial charge in [0.1, 0.15) is 0 Å². The normalized spacial score (nSPS) is 9.88. The second-order valence-electron chi connectivity index (χ2n) is 3.29. The molecule has 0 saturated carbocycles. The molecular formula is C10H15N3O2S. The number of carbonyl (C=O) groups is 1. The zero-order chi connectivity index (χ0) is 12.0. The van der Waals surface area contributed by atoms with Crippen molar-refractivity contribution >= 4 is 17.9 Å². The average Bonchev–Trinajstić information content (AvgIpc) is 2.66. The van der Waals surface area contributed by atoms with E-state index in [0.717, 1.165) is 17.2 Å². The summed E-state index contributed by atoms with van der Waals surface area (Å²) in [6.07, 6.45) is 1.42. The minimum absolute atomic E-state index is 0.368. The van der Waals surface area contributed by atoms with E-state index in [1.165, 1.54) is 4.90 Å². The monoisotopic (exact) mass is 241 g/mol. The van der Waals surface area contributed by atoms with Crippen LogP contribution in [0.2, 0.25) is 0 Å². The third-order valence-corrected chi connectivity index (χ3v) is 2.63. The Morgan fingerprint density at radius 1 is 1.75 bits per heavy atom. The molecule has 16 heavy (non-hydrogen) atoms. The molecule has 88 valence electrons. The van der Waals surface area contributed by atoms with Gasteiger partial charge in [-0.15, -0.1) is 6.58 Å². The number of carbonyl (C=O) groups excluding carboxylic acids is 1. The van der Waals surface area contributed by atoms with Crippen LogP contribution < -0.4 is 4.74 Å². The Morgan fingerprint density at radius 2 is 2.50 bits per heavy atom. The van der Waals surface area contributed by atoms with Gasteiger partial charge in [-0.1, -0.05) is 6.08 Å². The van der Waals surface area contributed by atoms with Crippen LogP contribution in [0.1, 0.15) is 5.69 Å². The third kappa shape index (κ3) is 3.98. The zero-order valence-corrected chi connectivity index (χ0v) is 10.2. The van der Waals surface area contributed by atoms with Crippen LogP contribution in [0.15, 0.2) is 18.7 Å². The van der Waals surface area contributed by atoms with E-state index < -0.39 is 6.09 Å². The number of rotatable bonds is 5. The van der Waals surface area contributed by atoms with Crippen molar-refractivity contribution < 1.29 is 9.53 Å². The summed E-state index contributed by atoms with van der Waals surface area (Å²) in [6, 6.07) is 1.72. The SMILES string of the molecule is C=CCSCc1cc(OC(=O)N(C)C)[nH]n1. The maximum absolute atomic E-state index is 11.2. The van der Waals surface area contributed by atoms with Gasteiger partial charge < -0.3 is 9.64 Å². The fourth-order valence-electron chi connectivity index (χ4n) is 0.901. The maximum Gasteiger partial charge on any atom is 0.416 e. The number of nitrogens with zero attached hydrogens (tertiary/aromatic N) is 2. The number of aromatic amines is 1. The van der Waals surface area contributed by atoms with Gasteiger partial charge in [-0.25, -0.2) is 9.89 Å². The number of hydrogen-bond donors (Lipinski definition) is 1. The topological polar surface area (TPSA) is 58.2 Å². The van der Waals surface area contributed by atoms with E-state index in [1.807, 2.05) is 6.08 Å². The van der Waals surface area contributed by atoms with E-state index in [4.69, 9.17) is 4.74 Å². The summed E-state index contributed by atoms with van der Waals surface area (Å²) in [4.78, 5) is 12.6. The van der Waals surface area contributed by atoms with Crippen molar-refractivity contribution in [2.24, 2.45) is 0 Å². The predicted molar refractivity (Wildman–Crippen MR) is 64.7 cm³/mol. The van der Waals surface area contributed by atoms with Crippen LogP contribution in [0.4, 0.5) is 4.79 Å². The summed E-state index contributed by atoms with van der Waals surface area (Å²) >= 11 is 1.69. The smallest absolute Gasteiger partial charge is 0.392 e. The van der Waals surface area contributed by atoms with E-state index in [-0.39, 0.29) is 0 Å². The standard InChI is InChI=1S/C10H15N3O2S/c1-4-5-16-7-8-6-9(12-11-8)15-10(14)13(2)3/h4,6H,1,5,7H2,2-3H3,(H,11,12). The largest absolute Gasteiger partial charge is 0.416 e. The molecule has 0 spiro atoms. The van der Waals surface area contributed by atoms with Crippen LogP contribution in [0.3, 0.4) is 0 Å². The van der Waals surface area contributed by atoms with Crippen LogP contribution >= 0.6 is 11.8 Å². The maximum atomic E-state index is 11.2. The Hall–Kier alpha value is -1.43. The Kier molecular flexibility index (Phi) is 4.91. The molecular weight excluding hydrogens is 226 g/mol. The highest BCUT2D eigenvalue weighted by molar-refractivity contribution is 7.98. The second-order valence-corrected chi connectivity index (χ2v) is 4.32. The first-order valence-electron chi connectivity index (χ1n) is 4.75. The van der Waals surface area contributed by atoms with Gasteiger partial charge in [0, 0.05) is 31.7 Å². The molecule has 1 aromatic heterocycles. The molecule has 6 heteroatoms. The molecule has 1 N–H and O–H groups in total. The van der Waals surface area contributed by atoms with E-state index in [2.05, 4.69) is 16.8 Å². The molecule has 1 amide bonds. The van der Waals surface area contributed by atoms with Gasteiger partial charge in [0.15, 0.2) is 0 Å². The van der Waals surface area contributed by atoms with Gasteiger partial charge >= 0.3 is 6.09 Å². The van der Waals surface area contributed by atoms with Crippen molar-refractivity contribution in [1.29, 1.82) is 0 Å². The first-order chi connectivity index (χ1) is 7.63. The molecule has 0 radical (unpaired) electrons. The van der Waals surface area contributed by atoms with Gasteiger partial charge in [0.25, 0.3) is 0 Å². The van der Waals surface area contributed by atoms with Crippen LogP contribution in [-0.2, 0) is 5.75 Å². The Balaban J connectivity index is 2.45. The molecule has 0 aliphatic carbocycles. The predicted octanol–water partition coefficient (Wildman–Crippen LogP) is 1.89. The molecule has 0 unspecified atom stereocenters. The van der Waals surface area contributed by atoms with E-state index >= 15 is 0 Å². The van der Waals surface area contributed by atoms with E-state index in [1.54, 1.807) is 31.9 Å². The lowest BCUT2D eigenvalue weighted by Crippen LogP contribution is -2.25. The minimum Gasteiger partial charge on any atom is -0.392 e. The van der Waals surface area contributed by atoms with Crippen molar-refractivity contribution in [3.63, 3.8) is 0 Å². The summed E-state index contributed by atoms with van der Waals surface area (Å²) < 4.78 is 5.00. The number of amides is 1. The fraction of sp³-hybridized carbons (Fsp3) is 0.400. The molecule has 1 aromatic rings. The molecule has 1 heterocycles. The van der Waals surface area contributed by atoms with Crippen molar-refractivity contribution in [1.82, 2.24) is 15.1 Å². The molecule has 0 bridgehead atoms. The molecule has 0 saturated heterocycles. The van der Waals surface area contributed by atoms with Crippen LogP contribution in [0, 0.1) is 0 Å². The number of hydrogen-bond acceptors (Lipinski definition) is 4. The van der Waals surface area contributed by atoms with Crippen molar-refractivity contribution in [3.8, 4) is 5.88 Å². The highest BCUT2D eigenvalue weighted by atomic mass is 32.2. The highest BCUT2D eigenvalue weighted by Crippen LogP contribution is 2.15. The number of nitrogens with one attached hydrogen (secondary N) is 1. The molecule has 0 aromatic carbocycles. The summed E-state index contributed by atoms with van der Waals surface area (Å²) in [5, 5.41) is 6.68. The summed E-state index contributed by atoms with van der Waals surface area (Å²) in [5.41, 5.74) is 0.855. The van der Waals surface area contributed by atoms with Gasteiger partial charge in [0.2, 0.25) is 5.88 Å². The molecule has 5 nitrogen and oxygen atoms in total.